The Hall–Kier alpha value is -1.85. The maximum absolute atomic E-state index is 12.5. The number of nitrogens with one attached hydrogen (secondary N) is 1. The Morgan fingerprint density at radius 1 is 1.53 bits per heavy atom. The second kappa shape index (κ2) is 4.68. The lowest BCUT2D eigenvalue weighted by Crippen LogP contribution is -2.68. The van der Waals surface area contributed by atoms with Gasteiger partial charge in [-0.25, -0.2) is 0 Å². The van der Waals surface area contributed by atoms with Crippen molar-refractivity contribution in [2.24, 2.45) is 0 Å². The van der Waals surface area contributed by atoms with Gasteiger partial charge in [0.1, 0.15) is 23.0 Å². The van der Waals surface area contributed by atoms with Crippen molar-refractivity contribution in [3.63, 3.8) is 0 Å². The Balaban J connectivity index is 2.25. The predicted molar refractivity (Wildman–Crippen MR) is 68.1 cm³/mol. The summed E-state index contributed by atoms with van der Waals surface area (Å²) in [7, 11) is 0. The molecule has 0 aromatic carbocycles. The highest BCUT2D eigenvalue weighted by Crippen LogP contribution is 2.23. The van der Waals surface area contributed by atoms with Gasteiger partial charge >= 0.3 is 0 Å². The van der Waals surface area contributed by atoms with Crippen molar-refractivity contribution in [3.05, 3.63) is 17.5 Å². The van der Waals surface area contributed by atoms with E-state index in [2.05, 4.69) is 10.5 Å². The smallest absolute Gasteiger partial charge is 0.249 e. The van der Waals surface area contributed by atoms with E-state index in [0.29, 0.717) is 24.4 Å². The second-order valence-corrected chi connectivity index (χ2v) is 5.21. The molecular weight excluding hydrogens is 246 g/mol. The largest absolute Gasteiger partial charge is 0.361 e. The molecule has 0 aliphatic carbocycles. The van der Waals surface area contributed by atoms with Gasteiger partial charge in [-0.1, -0.05) is 12.1 Å². The number of carbonyl (C=O) groups excluding carboxylic acids is 2. The standard InChI is InChI=1S/C13H19N3O3/c1-5-13(4)12(18)16(9(3)11(17)14-13)7-10-6-8(2)19-15-10/h6,9H,5,7H2,1-4H3,(H,14,17). The lowest BCUT2D eigenvalue weighted by atomic mass is 9.92. The third-order valence-corrected chi connectivity index (χ3v) is 3.70. The summed E-state index contributed by atoms with van der Waals surface area (Å²) in [6.45, 7) is 7.43. The van der Waals surface area contributed by atoms with E-state index in [0.717, 1.165) is 0 Å². The SMILES string of the molecule is CCC1(C)NC(=O)C(C)N(Cc2cc(C)on2)C1=O. The third kappa shape index (κ3) is 2.34. The van der Waals surface area contributed by atoms with Gasteiger partial charge in [-0.3, -0.25) is 9.59 Å². The normalized spacial score (nSPS) is 27.6. The molecule has 1 fully saturated rings. The zero-order valence-electron chi connectivity index (χ0n) is 11.7. The first-order valence-corrected chi connectivity index (χ1v) is 6.42. The van der Waals surface area contributed by atoms with Gasteiger partial charge in [-0.2, -0.15) is 0 Å². The number of aromatic nitrogens is 1. The van der Waals surface area contributed by atoms with E-state index >= 15 is 0 Å². The van der Waals surface area contributed by atoms with Crippen LogP contribution in [-0.4, -0.2) is 33.5 Å². The van der Waals surface area contributed by atoms with Crippen molar-refractivity contribution >= 4 is 11.8 Å². The van der Waals surface area contributed by atoms with Crippen molar-refractivity contribution in [1.29, 1.82) is 0 Å². The monoisotopic (exact) mass is 265 g/mol. The second-order valence-electron chi connectivity index (χ2n) is 5.21. The Kier molecular flexibility index (Phi) is 3.34. The van der Waals surface area contributed by atoms with Crippen molar-refractivity contribution in [1.82, 2.24) is 15.4 Å². The number of aryl methyl sites for hydroxylation is 1. The molecule has 2 unspecified atom stereocenters. The summed E-state index contributed by atoms with van der Waals surface area (Å²) >= 11 is 0. The van der Waals surface area contributed by atoms with E-state index in [9.17, 15) is 9.59 Å². The summed E-state index contributed by atoms with van der Waals surface area (Å²) in [5.74, 6) is 0.474. The molecular formula is C13H19N3O3. The minimum atomic E-state index is -0.831. The van der Waals surface area contributed by atoms with Gasteiger partial charge in [0.05, 0.1) is 6.54 Å². The molecule has 0 saturated carbocycles. The molecule has 1 saturated heterocycles. The molecule has 2 rings (SSSR count). The fourth-order valence-electron chi connectivity index (χ4n) is 2.18. The maximum Gasteiger partial charge on any atom is 0.249 e. The van der Waals surface area contributed by atoms with Gasteiger partial charge in [-0.05, 0) is 27.2 Å². The van der Waals surface area contributed by atoms with Crippen LogP contribution in [0.5, 0.6) is 0 Å². The summed E-state index contributed by atoms with van der Waals surface area (Å²) in [5, 5.41) is 6.67. The molecule has 19 heavy (non-hydrogen) atoms. The van der Waals surface area contributed by atoms with Crippen LogP contribution >= 0.6 is 0 Å². The predicted octanol–water partition coefficient (Wildman–Crippen LogP) is 0.999. The molecule has 6 nitrogen and oxygen atoms in total. The average molecular weight is 265 g/mol. The number of amides is 2. The van der Waals surface area contributed by atoms with Gasteiger partial charge in [0.25, 0.3) is 0 Å². The first-order chi connectivity index (χ1) is 8.87. The minimum absolute atomic E-state index is 0.0808. The Labute approximate surface area is 112 Å². The van der Waals surface area contributed by atoms with Crippen LogP contribution in [0.15, 0.2) is 10.6 Å². The molecule has 1 aliphatic heterocycles. The van der Waals surface area contributed by atoms with Crippen LogP contribution in [0, 0.1) is 6.92 Å². The van der Waals surface area contributed by atoms with Crippen molar-refractivity contribution in [2.45, 2.75) is 52.2 Å². The van der Waals surface area contributed by atoms with E-state index in [-0.39, 0.29) is 11.8 Å². The topological polar surface area (TPSA) is 75.4 Å². The van der Waals surface area contributed by atoms with Crippen LogP contribution < -0.4 is 5.32 Å². The van der Waals surface area contributed by atoms with Crippen LogP contribution in [-0.2, 0) is 16.1 Å². The van der Waals surface area contributed by atoms with Gasteiger partial charge in [-0.15, -0.1) is 0 Å². The highest BCUT2D eigenvalue weighted by atomic mass is 16.5. The summed E-state index contributed by atoms with van der Waals surface area (Å²) in [4.78, 5) is 26.0. The Morgan fingerprint density at radius 3 is 2.74 bits per heavy atom. The lowest BCUT2D eigenvalue weighted by molar-refractivity contribution is -0.154. The van der Waals surface area contributed by atoms with E-state index in [4.69, 9.17) is 4.52 Å². The molecule has 2 atom stereocenters. The quantitative estimate of drug-likeness (QED) is 0.884. The summed E-state index contributed by atoms with van der Waals surface area (Å²) in [5.41, 5.74) is -0.173. The highest BCUT2D eigenvalue weighted by molar-refractivity contribution is 5.99. The average Bonchev–Trinajstić information content (AvgIpc) is 2.78. The number of nitrogens with zero attached hydrogens (tertiary/aromatic N) is 2. The number of carbonyl (C=O) groups is 2. The molecule has 1 aromatic heterocycles. The molecule has 0 radical (unpaired) electrons. The van der Waals surface area contributed by atoms with E-state index < -0.39 is 11.6 Å². The van der Waals surface area contributed by atoms with E-state index in [1.165, 1.54) is 0 Å². The summed E-state index contributed by atoms with van der Waals surface area (Å²) in [6, 6.07) is 1.28. The van der Waals surface area contributed by atoms with Crippen molar-refractivity contribution < 1.29 is 14.1 Å². The zero-order valence-corrected chi connectivity index (χ0v) is 11.7. The van der Waals surface area contributed by atoms with Crippen LogP contribution in [0.3, 0.4) is 0 Å². The minimum Gasteiger partial charge on any atom is -0.361 e. The van der Waals surface area contributed by atoms with Gasteiger partial charge in [0.15, 0.2) is 0 Å². The molecule has 2 heterocycles. The maximum atomic E-state index is 12.5. The Morgan fingerprint density at radius 2 is 2.21 bits per heavy atom. The van der Waals surface area contributed by atoms with E-state index in [1.807, 2.05) is 6.92 Å². The molecule has 1 N–H and O–H groups in total. The fraction of sp³-hybridized carbons (Fsp3) is 0.615. The number of hydrogen-bond donors (Lipinski definition) is 1. The lowest BCUT2D eigenvalue weighted by Gasteiger charge is -2.42. The van der Waals surface area contributed by atoms with Gasteiger partial charge < -0.3 is 14.7 Å². The molecule has 0 bridgehead atoms. The van der Waals surface area contributed by atoms with Crippen LogP contribution in [0.1, 0.15) is 38.6 Å². The molecule has 0 spiro atoms. The van der Waals surface area contributed by atoms with Gasteiger partial charge in [0, 0.05) is 6.07 Å². The number of hydrogen-bond acceptors (Lipinski definition) is 4. The first kappa shape index (κ1) is 13.6. The van der Waals surface area contributed by atoms with Crippen LogP contribution in [0.2, 0.25) is 0 Å². The van der Waals surface area contributed by atoms with Crippen LogP contribution in [0.4, 0.5) is 0 Å². The Bertz CT molecular complexity index is 511. The fourth-order valence-corrected chi connectivity index (χ4v) is 2.18. The summed E-state index contributed by atoms with van der Waals surface area (Å²) < 4.78 is 4.99. The summed E-state index contributed by atoms with van der Waals surface area (Å²) in [6.07, 6.45) is 0.554. The highest BCUT2D eigenvalue weighted by Gasteiger charge is 2.45. The first-order valence-electron chi connectivity index (χ1n) is 6.42. The molecule has 2 amide bonds. The number of piperazine rings is 1. The van der Waals surface area contributed by atoms with Crippen molar-refractivity contribution in [2.75, 3.05) is 0 Å². The molecule has 104 valence electrons. The van der Waals surface area contributed by atoms with Crippen molar-refractivity contribution in [3.8, 4) is 0 Å². The zero-order chi connectivity index (χ0) is 14.2. The molecule has 1 aromatic rings. The molecule has 6 heteroatoms. The van der Waals surface area contributed by atoms with Crippen LogP contribution in [0.25, 0.3) is 0 Å². The number of rotatable bonds is 3. The molecule has 1 aliphatic rings. The van der Waals surface area contributed by atoms with Gasteiger partial charge in [0.2, 0.25) is 11.8 Å². The van der Waals surface area contributed by atoms with E-state index in [1.54, 1.807) is 31.7 Å². The third-order valence-electron chi connectivity index (χ3n) is 3.70.